The van der Waals surface area contributed by atoms with Gasteiger partial charge >= 0.3 is 0 Å². The molecular weight excluding hydrogens is 162 g/mol. The average molecular weight is 185 g/mol. The molecule has 0 saturated carbocycles. The molecule has 0 saturated heterocycles. The molecule has 0 aromatic rings. The molecule has 0 bridgehead atoms. The lowest BCUT2D eigenvalue weighted by molar-refractivity contribution is 0.376. The van der Waals surface area contributed by atoms with Crippen molar-refractivity contribution in [1.29, 1.82) is 0 Å². The molecule has 13 heavy (non-hydrogen) atoms. The summed E-state index contributed by atoms with van der Waals surface area (Å²) in [6, 6.07) is 0.553. The van der Waals surface area contributed by atoms with E-state index in [1.807, 2.05) is 20.2 Å². The van der Waals surface area contributed by atoms with Crippen molar-refractivity contribution in [2.24, 2.45) is 5.73 Å². The van der Waals surface area contributed by atoms with Crippen LogP contribution in [-0.4, -0.2) is 31.6 Å². The number of hydrogen-bond donors (Lipinski definition) is 2. The van der Waals surface area contributed by atoms with Crippen molar-refractivity contribution >= 4 is 0 Å². The van der Waals surface area contributed by atoms with E-state index in [9.17, 15) is 0 Å². The highest BCUT2D eigenvalue weighted by molar-refractivity contribution is 4.93. The van der Waals surface area contributed by atoms with Crippen molar-refractivity contribution in [1.82, 2.24) is 10.2 Å². The van der Waals surface area contributed by atoms with Crippen LogP contribution < -0.4 is 11.1 Å². The maximum Gasteiger partial charge on any atom is 0.0942 e. The Kier molecular flexibility index (Phi) is 6.41. The summed E-state index contributed by atoms with van der Waals surface area (Å²) in [6.07, 6.45) is 4.16. The predicted molar refractivity (Wildman–Crippen MR) is 58.3 cm³/mol. The van der Waals surface area contributed by atoms with Gasteiger partial charge in [-0.3, -0.25) is 0 Å². The minimum Gasteiger partial charge on any atom is -0.386 e. The maximum absolute atomic E-state index is 5.82. The van der Waals surface area contributed by atoms with Gasteiger partial charge in [-0.15, -0.1) is 0 Å². The fourth-order valence-electron chi connectivity index (χ4n) is 1.03. The molecule has 0 aromatic carbocycles. The van der Waals surface area contributed by atoms with Crippen LogP contribution in [-0.2, 0) is 0 Å². The van der Waals surface area contributed by atoms with E-state index in [1.54, 1.807) is 0 Å². The van der Waals surface area contributed by atoms with Crippen molar-refractivity contribution < 1.29 is 0 Å². The van der Waals surface area contributed by atoms with Gasteiger partial charge in [-0.05, 0) is 32.9 Å². The van der Waals surface area contributed by atoms with E-state index in [-0.39, 0.29) is 0 Å². The van der Waals surface area contributed by atoms with Gasteiger partial charge in [-0.2, -0.15) is 0 Å². The van der Waals surface area contributed by atoms with Gasteiger partial charge < -0.3 is 16.0 Å². The van der Waals surface area contributed by atoms with Gasteiger partial charge in [-0.25, -0.2) is 0 Å². The van der Waals surface area contributed by atoms with E-state index < -0.39 is 0 Å². The van der Waals surface area contributed by atoms with Gasteiger partial charge in [0.2, 0.25) is 0 Å². The number of hydrogen-bond acceptors (Lipinski definition) is 3. The molecule has 3 N–H and O–H groups in total. The van der Waals surface area contributed by atoms with Crippen molar-refractivity contribution in [2.75, 3.05) is 20.6 Å². The van der Waals surface area contributed by atoms with Crippen LogP contribution in [0.1, 0.15) is 26.7 Å². The largest absolute Gasteiger partial charge is 0.386 e. The summed E-state index contributed by atoms with van der Waals surface area (Å²) >= 11 is 0. The molecule has 78 valence electrons. The smallest absolute Gasteiger partial charge is 0.0942 e. The van der Waals surface area contributed by atoms with Gasteiger partial charge in [0, 0.05) is 19.6 Å². The van der Waals surface area contributed by atoms with Crippen LogP contribution in [0, 0.1) is 0 Å². The van der Waals surface area contributed by atoms with Gasteiger partial charge in [-0.1, -0.05) is 6.92 Å². The summed E-state index contributed by atoms with van der Waals surface area (Å²) in [5, 5.41) is 3.20. The molecule has 0 unspecified atom stereocenters. The molecule has 0 heterocycles. The quantitative estimate of drug-likeness (QED) is 0.651. The lowest BCUT2D eigenvalue weighted by Crippen LogP contribution is -2.30. The van der Waals surface area contributed by atoms with E-state index in [0.717, 1.165) is 25.2 Å². The minimum absolute atomic E-state index is 0.553. The molecule has 1 atom stereocenters. The highest BCUT2D eigenvalue weighted by Crippen LogP contribution is 1.99. The van der Waals surface area contributed by atoms with Crippen LogP contribution in [0.3, 0.4) is 0 Å². The van der Waals surface area contributed by atoms with Crippen LogP contribution in [0.15, 0.2) is 11.9 Å². The van der Waals surface area contributed by atoms with Crippen molar-refractivity contribution in [3.63, 3.8) is 0 Å². The minimum atomic E-state index is 0.553. The Morgan fingerprint density at radius 3 is 2.69 bits per heavy atom. The van der Waals surface area contributed by atoms with E-state index >= 15 is 0 Å². The molecule has 3 nitrogen and oxygen atoms in total. The first-order chi connectivity index (χ1) is 6.11. The molecule has 0 spiro atoms. The third-order valence-corrected chi connectivity index (χ3v) is 2.24. The second kappa shape index (κ2) is 6.78. The number of nitrogens with two attached hydrogens (primary N) is 1. The second-order valence-electron chi connectivity index (χ2n) is 3.44. The summed E-state index contributed by atoms with van der Waals surface area (Å²) < 4.78 is 0. The third-order valence-electron chi connectivity index (χ3n) is 2.24. The first-order valence-electron chi connectivity index (χ1n) is 4.95. The van der Waals surface area contributed by atoms with E-state index in [1.165, 1.54) is 0 Å². The normalized spacial score (nSPS) is 14.3. The number of allylic oxidation sites excluding steroid dienone is 1. The molecular formula is C10H23N3. The zero-order chi connectivity index (χ0) is 10.3. The fraction of sp³-hybridized carbons (Fsp3) is 0.800. The Balaban J connectivity index is 3.73. The first-order valence-corrected chi connectivity index (χ1v) is 4.95. The zero-order valence-electron chi connectivity index (χ0n) is 9.30. The van der Waals surface area contributed by atoms with E-state index in [0.29, 0.717) is 6.04 Å². The Hall–Kier alpha value is -0.700. The van der Waals surface area contributed by atoms with Gasteiger partial charge in [0.1, 0.15) is 0 Å². The number of nitrogens with zero attached hydrogens (tertiary/aromatic N) is 1. The summed E-state index contributed by atoms with van der Waals surface area (Å²) in [6.45, 7) is 5.27. The summed E-state index contributed by atoms with van der Waals surface area (Å²) in [7, 11) is 4.01. The third kappa shape index (κ3) is 5.53. The molecule has 0 aliphatic carbocycles. The molecule has 0 aliphatic heterocycles. The molecule has 0 aromatic heterocycles. The summed E-state index contributed by atoms with van der Waals surface area (Å²) in [5.41, 5.74) is 5.82. The maximum atomic E-state index is 5.82. The zero-order valence-corrected chi connectivity index (χ0v) is 9.30. The van der Waals surface area contributed by atoms with Crippen molar-refractivity contribution in [3.05, 3.63) is 11.9 Å². The van der Waals surface area contributed by atoms with Gasteiger partial charge in [0.15, 0.2) is 0 Å². The molecule has 0 aliphatic rings. The SMILES string of the molecule is CC/C=C(\N)N(C)CC[C@H](C)NC. The van der Waals surface area contributed by atoms with Gasteiger partial charge in [0.25, 0.3) is 0 Å². The van der Waals surface area contributed by atoms with Crippen LogP contribution in [0.2, 0.25) is 0 Å². The highest BCUT2D eigenvalue weighted by Gasteiger charge is 2.02. The molecule has 3 heteroatoms. The lowest BCUT2D eigenvalue weighted by atomic mass is 10.2. The number of rotatable bonds is 6. The van der Waals surface area contributed by atoms with Gasteiger partial charge in [0.05, 0.1) is 5.82 Å². The van der Waals surface area contributed by atoms with Crippen LogP contribution in [0.25, 0.3) is 0 Å². The van der Waals surface area contributed by atoms with Crippen molar-refractivity contribution in [2.45, 2.75) is 32.7 Å². The standard InChI is InChI=1S/C10H23N3/c1-5-6-10(11)13(4)8-7-9(2)12-3/h6,9,12H,5,7-8,11H2,1-4H3/b10-6+/t9-/m0/s1. The molecule has 0 rings (SSSR count). The fourth-order valence-corrected chi connectivity index (χ4v) is 1.03. The second-order valence-corrected chi connectivity index (χ2v) is 3.44. The Labute approximate surface area is 82.0 Å². The number of nitrogens with one attached hydrogen (secondary N) is 1. The van der Waals surface area contributed by atoms with Crippen LogP contribution in [0.4, 0.5) is 0 Å². The average Bonchev–Trinajstić information content (AvgIpc) is 2.13. The summed E-state index contributed by atoms with van der Waals surface area (Å²) in [4.78, 5) is 2.09. The molecule has 0 amide bonds. The van der Waals surface area contributed by atoms with Crippen molar-refractivity contribution in [3.8, 4) is 0 Å². The Morgan fingerprint density at radius 1 is 1.62 bits per heavy atom. The molecule has 0 radical (unpaired) electrons. The Morgan fingerprint density at radius 2 is 2.23 bits per heavy atom. The molecule has 0 fully saturated rings. The topological polar surface area (TPSA) is 41.3 Å². The van der Waals surface area contributed by atoms with Crippen LogP contribution >= 0.6 is 0 Å². The lowest BCUT2D eigenvalue weighted by Gasteiger charge is -2.21. The first kappa shape index (κ1) is 12.3. The monoisotopic (exact) mass is 185 g/mol. The van der Waals surface area contributed by atoms with E-state index in [2.05, 4.69) is 24.1 Å². The summed E-state index contributed by atoms with van der Waals surface area (Å²) in [5.74, 6) is 0.880. The highest BCUT2D eigenvalue weighted by atomic mass is 15.2. The van der Waals surface area contributed by atoms with Crippen LogP contribution in [0.5, 0.6) is 0 Å². The van der Waals surface area contributed by atoms with E-state index in [4.69, 9.17) is 5.73 Å². The predicted octanol–water partition coefficient (Wildman–Crippen LogP) is 1.13. The Bertz CT molecular complexity index is 154.